The molecular formula is C10H15N3O2. The van der Waals surface area contributed by atoms with Gasteiger partial charge in [-0.05, 0) is 19.8 Å². The van der Waals surface area contributed by atoms with Crippen LogP contribution in [0.15, 0.2) is 10.9 Å². The van der Waals surface area contributed by atoms with Crippen molar-refractivity contribution in [3.63, 3.8) is 0 Å². The first-order chi connectivity index (χ1) is 7.24. The van der Waals surface area contributed by atoms with E-state index in [1.165, 1.54) is 6.07 Å². The molecule has 1 aromatic heterocycles. The van der Waals surface area contributed by atoms with Crippen LogP contribution in [0.1, 0.15) is 18.5 Å². The summed E-state index contributed by atoms with van der Waals surface area (Å²) < 4.78 is 5.45. The molecule has 2 heterocycles. The van der Waals surface area contributed by atoms with Gasteiger partial charge in [0.1, 0.15) is 0 Å². The van der Waals surface area contributed by atoms with Crippen molar-refractivity contribution in [1.29, 1.82) is 0 Å². The molecule has 0 aromatic carbocycles. The van der Waals surface area contributed by atoms with Crippen LogP contribution in [0.2, 0.25) is 0 Å². The van der Waals surface area contributed by atoms with Gasteiger partial charge in [-0.3, -0.25) is 9.78 Å². The lowest BCUT2D eigenvalue weighted by Gasteiger charge is -2.10. The van der Waals surface area contributed by atoms with Crippen LogP contribution in [0.4, 0.5) is 5.95 Å². The standard InChI is InChI=1S/C10H15N3O2/c1-7-5-9(14)13-10(12-7)11-6-8-3-2-4-15-8/h5,8H,2-4,6H2,1H3,(H2,11,12,13,14). The fraction of sp³-hybridized carbons (Fsp3) is 0.600. The van der Waals surface area contributed by atoms with E-state index in [1.807, 2.05) is 0 Å². The molecule has 82 valence electrons. The minimum Gasteiger partial charge on any atom is -0.376 e. The monoisotopic (exact) mass is 209 g/mol. The van der Waals surface area contributed by atoms with Gasteiger partial charge in [0.2, 0.25) is 5.95 Å². The van der Waals surface area contributed by atoms with Crippen LogP contribution < -0.4 is 10.9 Å². The highest BCUT2D eigenvalue weighted by atomic mass is 16.5. The number of aromatic amines is 1. The molecule has 1 atom stereocenters. The molecule has 1 saturated heterocycles. The minimum atomic E-state index is -0.127. The number of aromatic nitrogens is 2. The molecule has 5 nitrogen and oxygen atoms in total. The van der Waals surface area contributed by atoms with Gasteiger partial charge in [0.15, 0.2) is 0 Å². The third-order valence-corrected chi connectivity index (χ3v) is 2.39. The summed E-state index contributed by atoms with van der Waals surface area (Å²) >= 11 is 0. The summed E-state index contributed by atoms with van der Waals surface area (Å²) in [6, 6.07) is 1.47. The fourth-order valence-corrected chi connectivity index (χ4v) is 1.68. The highest BCUT2D eigenvalue weighted by molar-refractivity contribution is 5.24. The molecular weight excluding hydrogens is 194 g/mol. The molecule has 0 saturated carbocycles. The van der Waals surface area contributed by atoms with E-state index >= 15 is 0 Å². The maximum atomic E-state index is 11.1. The smallest absolute Gasteiger partial charge is 0.252 e. The van der Waals surface area contributed by atoms with Crippen molar-refractivity contribution >= 4 is 5.95 Å². The zero-order chi connectivity index (χ0) is 10.7. The van der Waals surface area contributed by atoms with Crippen molar-refractivity contribution in [2.75, 3.05) is 18.5 Å². The Morgan fingerprint density at radius 3 is 3.27 bits per heavy atom. The number of rotatable bonds is 3. The lowest BCUT2D eigenvalue weighted by Crippen LogP contribution is -2.21. The van der Waals surface area contributed by atoms with Gasteiger partial charge < -0.3 is 10.1 Å². The van der Waals surface area contributed by atoms with Gasteiger partial charge >= 0.3 is 0 Å². The third kappa shape index (κ3) is 2.79. The molecule has 1 aromatic rings. The van der Waals surface area contributed by atoms with Crippen LogP contribution in [0.3, 0.4) is 0 Å². The van der Waals surface area contributed by atoms with Gasteiger partial charge in [-0.1, -0.05) is 0 Å². The van der Waals surface area contributed by atoms with E-state index in [0.29, 0.717) is 18.2 Å². The van der Waals surface area contributed by atoms with Gasteiger partial charge in [-0.15, -0.1) is 0 Å². The van der Waals surface area contributed by atoms with Crippen molar-refractivity contribution in [3.05, 3.63) is 22.1 Å². The number of ether oxygens (including phenoxy) is 1. The number of H-pyrrole nitrogens is 1. The maximum Gasteiger partial charge on any atom is 0.252 e. The third-order valence-electron chi connectivity index (χ3n) is 2.39. The highest BCUT2D eigenvalue weighted by Crippen LogP contribution is 2.11. The second kappa shape index (κ2) is 4.44. The molecule has 15 heavy (non-hydrogen) atoms. The maximum absolute atomic E-state index is 11.1. The van der Waals surface area contributed by atoms with E-state index in [1.54, 1.807) is 6.92 Å². The van der Waals surface area contributed by atoms with Crippen LogP contribution in [-0.4, -0.2) is 29.2 Å². The Bertz CT molecular complexity index is 382. The molecule has 2 N–H and O–H groups in total. The minimum absolute atomic E-state index is 0.127. The molecule has 1 unspecified atom stereocenters. The number of nitrogens with zero attached hydrogens (tertiary/aromatic N) is 1. The quantitative estimate of drug-likeness (QED) is 0.767. The summed E-state index contributed by atoms with van der Waals surface area (Å²) in [6.07, 6.45) is 2.43. The van der Waals surface area contributed by atoms with Gasteiger partial charge in [0.05, 0.1) is 6.10 Å². The number of hydrogen-bond acceptors (Lipinski definition) is 4. The molecule has 0 amide bonds. The van der Waals surface area contributed by atoms with Crippen molar-refractivity contribution in [2.45, 2.75) is 25.9 Å². The Morgan fingerprint density at radius 1 is 1.73 bits per heavy atom. The summed E-state index contributed by atoms with van der Waals surface area (Å²) in [6.45, 7) is 3.34. The molecule has 1 aliphatic heterocycles. The molecule has 1 aliphatic rings. The normalized spacial score (nSPS) is 20.5. The Balaban J connectivity index is 1.95. The average Bonchev–Trinajstić information content (AvgIpc) is 2.65. The van der Waals surface area contributed by atoms with Crippen LogP contribution in [0.5, 0.6) is 0 Å². The van der Waals surface area contributed by atoms with Crippen LogP contribution in [0.25, 0.3) is 0 Å². The molecule has 0 radical (unpaired) electrons. The molecule has 5 heteroatoms. The van der Waals surface area contributed by atoms with Gasteiger partial charge in [0.25, 0.3) is 5.56 Å². The molecule has 2 rings (SSSR count). The van der Waals surface area contributed by atoms with E-state index in [4.69, 9.17) is 4.74 Å². The zero-order valence-electron chi connectivity index (χ0n) is 8.75. The molecule has 0 aliphatic carbocycles. The summed E-state index contributed by atoms with van der Waals surface area (Å²) in [4.78, 5) is 18.0. The second-order valence-corrected chi connectivity index (χ2v) is 3.75. The Hall–Kier alpha value is -1.36. The second-order valence-electron chi connectivity index (χ2n) is 3.75. The molecule has 1 fully saturated rings. The fourth-order valence-electron chi connectivity index (χ4n) is 1.68. The Morgan fingerprint density at radius 2 is 2.60 bits per heavy atom. The van der Waals surface area contributed by atoms with Crippen molar-refractivity contribution in [1.82, 2.24) is 9.97 Å². The van der Waals surface area contributed by atoms with E-state index in [0.717, 1.165) is 19.4 Å². The summed E-state index contributed by atoms with van der Waals surface area (Å²) in [7, 11) is 0. The van der Waals surface area contributed by atoms with Crippen molar-refractivity contribution in [2.24, 2.45) is 0 Å². The van der Waals surface area contributed by atoms with E-state index in [-0.39, 0.29) is 11.7 Å². The van der Waals surface area contributed by atoms with Crippen molar-refractivity contribution in [3.8, 4) is 0 Å². The van der Waals surface area contributed by atoms with Crippen LogP contribution >= 0.6 is 0 Å². The van der Waals surface area contributed by atoms with Gasteiger partial charge in [-0.2, -0.15) is 0 Å². The van der Waals surface area contributed by atoms with Crippen molar-refractivity contribution < 1.29 is 4.74 Å². The van der Waals surface area contributed by atoms with E-state index in [2.05, 4.69) is 15.3 Å². The van der Waals surface area contributed by atoms with E-state index in [9.17, 15) is 4.79 Å². The summed E-state index contributed by atoms with van der Waals surface area (Å²) in [5, 5.41) is 3.08. The summed E-state index contributed by atoms with van der Waals surface area (Å²) in [5.74, 6) is 0.524. The Labute approximate surface area is 87.9 Å². The number of aryl methyl sites for hydroxylation is 1. The predicted octanol–water partition coefficient (Wildman–Crippen LogP) is 0.669. The number of nitrogens with one attached hydrogen (secondary N) is 2. The number of hydrogen-bond donors (Lipinski definition) is 2. The van der Waals surface area contributed by atoms with Gasteiger partial charge in [0, 0.05) is 24.9 Å². The summed E-state index contributed by atoms with van der Waals surface area (Å²) in [5.41, 5.74) is 0.589. The zero-order valence-corrected chi connectivity index (χ0v) is 8.75. The van der Waals surface area contributed by atoms with Crippen LogP contribution in [0, 0.1) is 6.92 Å². The first-order valence-electron chi connectivity index (χ1n) is 5.17. The van der Waals surface area contributed by atoms with Crippen LogP contribution in [-0.2, 0) is 4.74 Å². The first kappa shape index (κ1) is 10.2. The first-order valence-corrected chi connectivity index (χ1v) is 5.17. The Kier molecular flexibility index (Phi) is 3.01. The molecule has 0 bridgehead atoms. The lowest BCUT2D eigenvalue weighted by molar-refractivity contribution is 0.120. The predicted molar refractivity (Wildman–Crippen MR) is 57.1 cm³/mol. The highest BCUT2D eigenvalue weighted by Gasteiger charge is 2.15. The topological polar surface area (TPSA) is 67.0 Å². The number of anilines is 1. The average molecular weight is 209 g/mol. The molecule has 0 spiro atoms. The van der Waals surface area contributed by atoms with Gasteiger partial charge in [-0.25, -0.2) is 4.98 Å². The van der Waals surface area contributed by atoms with E-state index < -0.39 is 0 Å². The SMILES string of the molecule is Cc1cc(=O)[nH]c(NCC2CCCO2)n1. The lowest BCUT2D eigenvalue weighted by atomic mass is 10.2. The largest absolute Gasteiger partial charge is 0.376 e.